The van der Waals surface area contributed by atoms with Crippen molar-refractivity contribution >= 4 is 16.1 Å². The summed E-state index contributed by atoms with van der Waals surface area (Å²) in [5.41, 5.74) is -0.333. The summed E-state index contributed by atoms with van der Waals surface area (Å²) in [4.78, 5) is 22.0. The number of aromatic amines is 1. The minimum absolute atomic E-state index is 0.00405. The number of hydrogen-bond acceptors (Lipinski definition) is 4. The highest BCUT2D eigenvalue weighted by atomic mass is 32.2. The first-order valence-corrected chi connectivity index (χ1v) is 6.77. The highest BCUT2D eigenvalue weighted by Crippen LogP contribution is 2.17. The zero-order valence-corrected chi connectivity index (χ0v) is 11.0. The van der Waals surface area contributed by atoms with E-state index in [1.807, 2.05) is 0 Å². The van der Waals surface area contributed by atoms with Crippen molar-refractivity contribution in [1.82, 2.24) is 9.78 Å². The van der Waals surface area contributed by atoms with Crippen LogP contribution in [0.1, 0.15) is 16.1 Å². The molecule has 0 radical (unpaired) electrons. The topological polar surface area (TPSA) is 129 Å². The lowest BCUT2D eigenvalue weighted by Crippen LogP contribution is -2.15. The van der Waals surface area contributed by atoms with Crippen molar-refractivity contribution in [3.05, 3.63) is 45.9 Å². The summed E-state index contributed by atoms with van der Waals surface area (Å²) in [5.74, 6) is -1.38. The molecule has 9 heteroatoms. The molecule has 0 aliphatic rings. The number of carbonyl (C=O) groups is 1. The fourth-order valence-electron chi connectivity index (χ4n) is 1.69. The van der Waals surface area contributed by atoms with Gasteiger partial charge in [0.05, 0.1) is 16.1 Å². The van der Waals surface area contributed by atoms with Crippen LogP contribution in [-0.2, 0) is 10.1 Å². The average molecular weight is 298 g/mol. The highest BCUT2D eigenvalue weighted by molar-refractivity contribution is 7.85. The van der Waals surface area contributed by atoms with E-state index in [0.717, 1.165) is 22.9 Å². The molecular weight excluding hydrogens is 288 g/mol. The van der Waals surface area contributed by atoms with E-state index in [0.29, 0.717) is 5.69 Å². The van der Waals surface area contributed by atoms with Crippen molar-refractivity contribution in [3.8, 4) is 5.69 Å². The van der Waals surface area contributed by atoms with Crippen molar-refractivity contribution in [2.24, 2.45) is 0 Å². The molecule has 0 fully saturated rings. The van der Waals surface area contributed by atoms with Gasteiger partial charge in [0.25, 0.3) is 15.7 Å². The molecule has 1 heterocycles. The number of aromatic carboxylic acids is 1. The fourth-order valence-corrected chi connectivity index (χ4v) is 2.24. The van der Waals surface area contributed by atoms with Crippen molar-refractivity contribution < 1.29 is 22.9 Å². The zero-order chi connectivity index (χ0) is 15.1. The Labute approximate surface area is 113 Å². The average Bonchev–Trinajstić information content (AvgIpc) is 2.66. The molecular formula is C11H10N2O6S. The van der Waals surface area contributed by atoms with Crippen LogP contribution in [0.5, 0.6) is 0 Å². The van der Waals surface area contributed by atoms with Crippen LogP contribution in [0, 0.1) is 6.92 Å². The van der Waals surface area contributed by atoms with E-state index in [1.54, 1.807) is 6.92 Å². The minimum Gasteiger partial charge on any atom is -0.478 e. The van der Waals surface area contributed by atoms with Gasteiger partial charge in [-0.15, -0.1) is 0 Å². The van der Waals surface area contributed by atoms with Crippen LogP contribution in [0.25, 0.3) is 5.69 Å². The van der Waals surface area contributed by atoms with Crippen LogP contribution < -0.4 is 5.56 Å². The third-order valence-corrected chi connectivity index (χ3v) is 3.37. The van der Waals surface area contributed by atoms with Crippen LogP contribution in [0.3, 0.4) is 0 Å². The minimum atomic E-state index is -4.59. The molecule has 20 heavy (non-hydrogen) atoms. The third kappa shape index (κ3) is 2.63. The number of carboxylic acids is 1. The molecule has 0 aliphatic heterocycles. The summed E-state index contributed by atoms with van der Waals surface area (Å²) in [6, 6.07) is 4.19. The molecule has 1 aromatic carbocycles. The Bertz CT molecular complexity index is 846. The Balaban J connectivity index is 2.77. The van der Waals surface area contributed by atoms with Gasteiger partial charge in [-0.2, -0.15) is 8.42 Å². The lowest BCUT2D eigenvalue weighted by atomic mass is 10.2. The lowest BCUT2D eigenvalue weighted by molar-refractivity contribution is 0.0696. The second kappa shape index (κ2) is 4.62. The smallest absolute Gasteiger partial charge is 0.335 e. The van der Waals surface area contributed by atoms with Gasteiger partial charge >= 0.3 is 5.97 Å². The molecule has 0 aliphatic carbocycles. The molecule has 8 nitrogen and oxygen atoms in total. The van der Waals surface area contributed by atoms with Gasteiger partial charge in [0.2, 0.25) is 0 Å². The van der Waals surface area contributed by atoms with Crippen molar-refractivity contribution in [2.75, 3.05) is 0 Å². The predicted molar refractivity (Wildman–Crippen MR) is 67.9 cm³/mol. The first-order valence-electron chi connectivity index (χ1n) is 5.33. The van der Waals surface area contributed by atoms with E-state index >= 15 is 0 Å². The Morgan fingerprint density at radius 2 is 1.90 bits per heavy atom. The summed E-state index contributed by atoms with van der Waals surface area (Å²) < 4.78 is 32.3. The van der Waals surface area contributed by atoms with Gasteiger partial charge in [0, 0.05) is 11.8 Å². The van der Waals surface area contributed by atoms with Crippen LogP contribution in [0.4, 0.5) is 0 Å². The number of nitrogens with one attached hydrogen (secondary N) is 1. The first kappa shape index (κ1) is 14.0. The lowest BCUT2D eigenvalue weighted by Gasteiger charge is -2.06. The van der Waals surface area contributed by atoms with Crippen LogP contribution in [0.15, 0.2) is 34.0 Å². The van der Waals surface area contributed by atoms with Gasteiger partial charge in [-0.05, 0) is 25.1 Å². The fraction of sp³-hybridized carbons (Fsp3) is 0.0909. The van der Waals surface area contributed by atoms with Crippen LogP contribution in [-0.4, -0.2) is 33.8 Å². The molecule has 0 saturated carbocycles. The molecule has 106 valence electrons. The van der Waals surface area contributed by atoms with E-state index in [2.05, 4.69) is 5.10 Å². The summed E-state index contributed by atoms with van der Waals surface area (Å²) in [7, 11) is -4.59. The Kier molecular flexibility index (Phi) is 3.24. The second-order valence-electron chi connectivity index (χ2n) is 4.11. The number of aryl methyl sites for hydroxylation is 1. The molecule has 0 saturated heterocycles. The second-order valence-corrected chi connectivity index (χ2v) is 5.53. The molecule has 0 amide bonds. The SMILES string of the molecule is Cc1cc(=O)n(-c2cc(C(=O)O)cc(S(=O)(=O)O)c2)[nH]1. The maximum atomic E-state index is 11.7. The molecule has 0 bridgehead atoms. The van der Waals surface area contributed by atoms with Crippen LogP contribution >= 0.6 is 0 Å². The van der Waals surface area contributed by atoms with E-state index in [9.17, 15) is 18.0 Å². The van der Waals surface area contributed by atoms with Gasteiger partial charge < -0.3 is 5.11 Å². The monoisotopic (exact) mass is 298 g/mol. The standard InChI is InChI=1S/C11H10N2O6S/c1-6-2-10(14)13(12-6)8-3-7(11(15)16)4-9(5-8)20(17,18)19/h2-5,12H,1H3,(H,15,16)(H,17,18,19). The van der Waals surface area contributed by atoms with Gasteiger partial charge in [0.1, 0.15) is 0 Å². The number of hydrogen-bond donors (Lipinski definition) is 3. The quantitative estimate of drug-likeness (QED) is 0.704. The summed E-state index contributed by atoms with van der Waals surface area (Å²) in [6.07, 6.45) is 0. The van der Waals surface area contributed by atoms with Gasteiger partial charge in [-0.3, -0.25) is 14.4 Å². The number of aromatic nitrogens is 2. The summed E-state index contributed by atoms with van der Waals surface area (Å²) >= 11 is 0. The maximum Gasteiger partial charge on any atom is 0.335 e. The van der Waals surface area contributed by atoms with Crippen molar-refractivity contribution in [2.45, 2.75) is 11.8 Å². The molecule has 2 rings (SSSR count). The number of H-pyrrole nitrogens is 1. The summed E-state index contributed by atoms with van der Waals surface area (Å²) in [6.45, 7) is 1.61. The van der Waals surface area contributed by atoms with Gasteiger partial charge in [-0.1, -0.05) is 0 Å². The van der Waals surface area contributed by atoms with E-state index in [-0.39, 0.29) is 11.3 Å². The Morgan fingerprint density at radius 3 is 2.35 bits per heavy atom. The zero-order valence-electron chi connectivity index (χ0n) is 10.2. The largest absolute Gasteiger partial charge is 0.478 e. The highest BCUT2D eigenvalue weighted by Gasteiger charge is 2.17. The maximum absolute atomic E-state index is 11.7. The number of carboxylic acid groups (broad SMARTS) is 1. The first-order chi connectivity index (χ1) is 9.18. The molecule has 0 spiro atoms. The number of rotatable bonds is 3. The van der Waals surface area contributed by atoms with E-state index in [4.69, 9.17) is 9.66 Å². The number of nitrogens with zero attached hydrogens (tertiary/aromatic N) is 1. The van der Waals surface area contributed by atoms with Gasteiger partial charge in [0.15, 0.2) is 0 Å². The van der Waals surface area contributed by atoms with Crippen molar-refractivity contribution in [3.63, 3.8) is 0 Å². The Hall–Kier alpha value is -2.39. The molecule has 0 atom stereocenters. The molecule has 1 aromatic heterocycles. The molecule has 0 unspecified atom stereocenters. The third-order valence-electron chi connectivity index (χ3n) is 2.54. The van der Waals surface area contributed by atoms with E-state index < -0.39 is 26.5 Å². The molecule has 2 aromatic rings. The predicted octanol–water partition coefficient (Wildman–Crippen LogP) is 0.419. The van der Waals surface area contributed by atoms with Crippen LogP contribution in [0.2, 0.25) is 0 Å². The van der Waals surface area contributed by atoms with Gasteiger partial charge in [-0.25, -0.2) is 9.48 Å². The summed E-state index contributed by atoms with van der Waals surface area (Å²) in [5, 5.41) is 11.6. The molecule has 3 N–H and O–H groups in total. The van der Waals surface area contributed by atoms with E-state index in [1.165, 1.54) is 6.07 Å². The van der Waals surface area contributed by atoms with Crippen molar-refractivity contribution in [1.29, 1.82) is 0 Å². The normalized spacial score (nSPS) is 11.5. The number of benzene rings is 1. The Morgan fingerprint density at radius 1 is 1.25 bits per heavy atom.